The van der Waals surface area contributed by atoms with E-state index in [1.165, 1.54) is 0 Å². The van der Waals surface area contributed by atoms with Crippen LogP contribution in [0.2, 0.25) is 0 Å². The summed E-state index contributed by atoms with van der Waals surface area (Å²) in [4.78, 5) is 0. The van der Waals surface area contributed by atoms with E-state index in [0.717, 1.165) is 11.1 Å². The van der Waals surface area contributed by atoms with Crippen molar-refractivity contribution < 1.29 is 32.7 Å². The molecule has 1 aromatic heterocycles. The molecule has 0 aliphatic heterocycles. The third-order valence-corrected chi connectivity index (χ3v) is 2.08. The van der Waals surface area contributed by atoms with Gasteiger partial charge in [0.2, 0.25) is 0 Å². The molecular weight excluding hydrogens is 241 g/mol. The summed E-state index contributed by atoms with van der Waals surface area (Å²) >= 11 is 1.59. The van der Waals surface area contributed by atoms with Gasteiger partial charge in [-0.2, -0.15) is 24.3 Å². The molecule has 2 aromatic rings. The zero-order valence-corrected chi connectivity index (χ0v) is 10.1. The van der Waals surface area contributed by atoms with Crippen molar-refractivity contribution in [2.24, 2.45) is 0 Å². The van der Waals surface area contributed by atoms with E-state index in [4.69, 9.17) is 0 Å². The summed E-state index contributed by atoms with van der Waals surface area (Å²) in [6, 6.07) is 13.1. The van der Waals surface area contributed by atoms with Crippen LogP contribution in [0, 0.1) is 11.4 Å². The predicted molar refractivity (Wildman–Crippen MR) is 47.4 cm³/mol. The Morgan fingerprint density at radius 2 is 2.00 bits per heavy atom. The van der Waals surface area contributed by atoms with Crippen LogP contribution < -0.4 is 0 Å². The summed E-state index contributed by atoms with van der Waals surface area (Å²) in [5.41, 5.74) is 2.25. The molecule has 0 aliphatic rings. The van der Waals surface area contributed by atoms with Crippen LogP contribution >= 0.6 is 11.3 Å². The molecule has 12 heavy (non-hydrogen) atoms. The Balaban J connectivity index is 0.000000720. The van der Waals surface area contributed by atoms with Gasteiger partial charge in [0.15, 0.2) is 0 Å². The van der Waals surface area contributed by atoms with Crippen LogP contribution in [0.5, 0.6) is 0 Å². The molecule has 57 valence electrons. The van der Waals surface area contributed by atoms with Crippen molar-refractivity contribution in [3.05, 3.63) is 47.2 Å². The van der Waals surface area contributed by atoms with Crippen molar-refractivity contribution in [1.82, 2.24) is 0 Å². The van der Waals surface area contributed by atoms with Crippen LogP contribution in [0.3, 0.4) is 0 Å². The fourth-order valence-corrected chi connectivity index (χ4v) is 1.52. The monoisotopic (exact) mass is 247 g/mol. The molecule has 0 amide bonds. The summed E-state index contributed by atoms with van der Waals surface area (Å²) < 4.78 is 0. The minimum Gasteiger partial charge on any atom is -0.276 e. The van der Waals surface area contributed by atoms with Crippen LogP contribution in [0.1, 0.15) is 0 Å². The van der Waals surface area contributed by atoms with E-state index in [0.29, 0.717) is 0 Å². The first-order chi connectivity index (χ1) is 5.47. The normalized spacial score (nSPS) is 9.00. The van der Waals surface area contributed by atoms with Gasteiger partial charge in [-0.15, -0.1) is 16.8 Å². The zero-order valence-electron chi connectivity index (χ0n) is 6.45. The Hall–Kier alpha value is 0.0239. The predicted octanol–water partition coefficient (Wildman–Crippen LogP) is 3.01. The van der Waals surface area contributed by atoms with Gasteiger partial charge in [-0.05, 0) is 0 Å². The first kappa shape index (κ1) is 10.1. The second-order valence-corrected chi connectivity index (χ2v) is 2.92. The Morgan fingerprint density at radius 3 is 2.58 bits per heavy atom. The molecule has 0 saturated carbocycles. The molecule has 0 N–H and O–H groups in total. The number of benzene rings is 1. The van der Waals surface area contributed by atoms with E-state index in [9.17, 15) is 0 Å². The van der Waals surface area contributed by atoms with Crippen molar-refractivity contribution >= 4 is 11.3 Å². The molecular formula is C10H6SY-2. The van der Waals surface area contributed by atoms with Gasteiger partial charge in [0.05, 0.1) is 0 Å². The molecule has 0 saturated heterocycles. The fourth-order valence-electron chi connectivity index (χ4n) is 0.939. The Kier molecular flexibility index (Phi) is 4.13. The molecule has 0 spiro atoms. The van der Waals surface area contributed by atoms with E-state index in [2.05, 4.69) is 17.5 Å². The third-order valence-electron chi connectivity index (χ3n) is 1.47. The molecule has 1 aromatic carbocycles. The van der Waals surface area contributed by atoms with Gasteiger partial charge in [-0.3, -0.25) is 11.3 Å². The SMILES string of the molecule is [Y].[c-]1ccccc1-c1[c-]scc1. The summed E-state index contributed by atoms with van der Waals surface area (Å²) in [5, 5.41) is 5.19. The van der Waals surface area contributed by atoms with Gasteiger partial charge in [-0.1, -0.05) is 0 Å². The molecule has 1 radical (unpaired) electrons. The van der Waals surface area contributed by atoms with E-state index in [1.807, 2.05) is 29.6 Å². The zero-order chi connectivity index (χ0) is 7.52. The van der Waals surface area contributed by atoms with Gasteiger partial charge in [0.25, 0.3) is 0 Å². The second-order valence-electron chi connectivity index (χ2n) is 2.21. The van der Waals surface area contributed by atoms with Crippen LogP contribution in [0.4, 0.5) is 0 Å². The summed E-state index contributed by atoms with van der Waals surface area (Å²) in [5.74, 6) is 0. The van der Waals surface area contributed by atoms with Gasteiger partial charge >= 0.3 is 0 Å². The van der Waals surface area contributed by atoms with E-state index < -0.39 is 0 Å². The van der Waals surface area contributed by atoms with Crippen LogP contribution in [-0.4, -0.2) is 0 Å². The molecule has 0 unspecified atom stereocenters. The van der Waals surface area contributed by atoms with Gasteiger partial charge in [-0.25, -0.2) is 17.2 Å². The fraction of sp³-hybridized carbons (Fsp3) is 0. The van der Waals surface area contributed by atoms with Crippen molar-refractivity contribution in [3.8, 4) is 11.1 Å². The Labute approximate surface area is 102 Å². The Morgan fingerprint density at radius 1 is 1.08 bits per heavy atom. The number of thiophene rings is 1. The second kappa shape index (κ2) is 4.91. The average Bonchev–Trinajstić information content (AvgIpc) is 2.58. The number of hydrogen-bond acceptors (Lipinski definition) is 1. The maximum absolute atomic E-state index is 3.16. The molecule has 0 fully saturated rings. The molecule has 0 atom stereocenters. The minimum absolute atomic E-state index is 0. The Bertz CT molecular complexity index is 313. The quantitative estimate of drug-likeness (QED) is 0.679. The first-order valence-electron chi connectivity index (χ1n) is 3.39. The van der Waals surface area contributed by atoms with Crippen LogP contribution in [-0.2, 0) is 32.7 Å². The average molecular weight is 247 g/mol. The first-order valence-corrected chi connectivity index (χ1v) is 4.27. The third kappa shape index (κ3) is 2.26. The molecule has 0 nitrogen and oxygen atoms in total. The van der Waals surface area contributed by atoms with E-state index >= 15 is 0 Å². The van der Waals surface area contributed by atoms with Crippen molar-refractivity contribution in [2.45, 2.75) is 0 Å². The van der Waals surface area contributed by atoms with Gasteiger partial charge in [0, 0.05) is 32.7 Å². The standard InChI is InChI=1S/C10H6S.Y/c1-2-4-9(5-3-1)10-6-7-11-8-10;/h1-4,6-7H;/q-2;. The topological polar surface area (TPSA) is 0 Å². The van der Waals surface area contributed by atoms with Gasteiger partial charge < -0.3 is 0 Å². The van der Waals surface area contributed by atoms with E-state index in [-0.39, 0.29) is 32.7 Å². The van der Waals surface area contributed by atoms with Gasteiger partial charge in [0.1, 0.15) is 0 Å². The van der Waals surface area contributed by atoms with Crippen LogP contribution in [0.25, 0.3) is 11.1 Å². The smallest absolute Gasteiger partial charge is 0 e. The largest absolute Gasteiger partial charge is 0.276 e. The number of hydrogen-bond donors (Lipinski definition) is 0. The summed E-state index contributed by atoms with van der Waals surface area (Å²) in [7, 11) is 0. The summed E-state index contributed by atoms with van der Waals surface area (Å²) in [6.45, 7) is 0. The van der Waals surface area contributed by atoms with Crippen molar-refractivity contribution in [2.75, 3.05) is 0 Å². The molecule has 2 rings (SSSR count). The minimum atomic E-state index is 0. The summed E-state index contributed by atoms with van der Waals surface area (Å²) in [6.07, 6.45) is 0. The van der Waals surface area contributed by atoms with E-state index in [1.54, 1.807) is 11.3 Å². The molecule has 1 heterocycles. The maximum atomic E-state index is 3.16. The van der Waals surface area contributed by atoms with Crippen LogP contribution in [0.15, 0.2) is 35.7 Å². The molecule has 0 bridgehead atoms. The number of rotatable bonds is 1. The molecule has 2 heteroatoms. The van der Waals surface area contributed by atoms with Crippen molar-refractivity contribution in [1.29, 1.82) is 0 Å². The molecule has 0 aliphatic carbocycles. The maximum Gasteiger partial charge on any atom is 0 e. The van der Waals surface area contributed by atoms with Crippen molar-refractivity contribution in [3.63, 3.8) is 0 Å².